The fourth-order valence-electron chi connectivity index (χ4n) is 3.35. The molecule has 0 radical (unpaired) electrons. The van der Waals surface area contributed by atoms with E-state index in [1.807, 2.05) is 30.6 Å². The van der Waals surface area contributed by atoms with Crippen LogP contribution in [0.4, 0.5) is 11.5 Å². The quantitative estimate of drug-likeness (QED) is 0.568. The zero-order valence-electron chi connectivity index (χ0n) is 15.7. The van der Waals surface area contributed by atoms with E-state index < -0.39 is 0 Å². The lowest BCUT2D eigenvalue weighted by atomic mass is 10.1. The van der Waals surface area contributed by atoms with Gasteiger partial charge in [-0.05, 0) is 68.2 Å². The molecule has 3 aromatic rings. The van der Waals surface area contributed by atoms with Crippen molar-refractivity contribution in [3.8, 4) is 0 Å². The molecule has 1 aromatic carbocycles. The summed E-state index contributed by atoms with van der Waals surface area (Å²) in [6.07, 6.45) is 6.45. The topological polar surface area (TPSA) is 78.4 Å². The van der Waals surface area contributed by atoms with Gasteiger partial charge < -0.3 is 10.4 Å². The number of nitrogens with zero attached hydrogens (tertiary/aromatic N) is 3. The third kappa shape index (κ3) is 4.85. The minimum absolute atomic E-state index is 0.250. The number of anilines is 2. The maximum Gasteiger partial charge on any atom is 0.290 e. The highest BCUT2D eigenvalue weighted by Crippen LogP contribution is 2.28. The number of benzene rings is 1. The molecular formula is C21H23BrN4O2. The van der Waals surface area contributed by atoms with Crippen LogP contribution in [0, 0.1) is 6.92 Å². The minimum atomic E-state index is -0.250. The number of carbonyl (C=O) groups is 1. The maximum atomic E-state index is 8.36. The largest absolute Gasteiger partial charge is 0.483 e. The Labute approximate surface area is 172 Å². The van der Waals surface area contributed by atoms with Gasteiger partial charge in [0, 0.05) is 34.5 Å². The second kappa shape index (κ2) is 9.61. The van der Waals surface area contributed by atoms with Crippen molar-refractivity contribution in [1.82, 2.24) is 14.9 Å². The molecule has 0 saturated carbocycles. The molecule has 28 heavy (non-hydrogen) atoms. The van der Waals surface area contributed by atoms with Gasteiger partial charge in [0.15, 0.2) is 5.82 Å². The maximum absolute atomic E-state index is 8.36. The summed E-state index contributed by atoms with van der Waals surface area (Å²) in [7, 11) is 0. The average Bonchev–Trinajstić information content (AvgIpc) is 3.19. The Hall–Kier alpha value is -2.51. The number of fused-ring (bicyclic) bond motifs is 1. The molecule has 1 fully saturated rings. The highest BCUT2D eigenvalue weighted by Gasteiger charge is 2.13. The van der Waals surface area contributed by atoms with Crippen LogP contribution in [-0.4, -0.2) is 39.5 Å². The zero-order valence-corrected chi connectivity index (χ0v) is 17.3. The van der Waals surface area contributed by atoms with Gasteiger partial charge in [0.1, 0.15) is 5.52 Å². The van der Waals surface area contributed by atoms with Crippen molar-refractivity contribution in [2.45, 2.75) is 26.3 Å². The molecular weight excluding hydrogens is 420 g/mol. The van der Waals surface area contributed by atoms with E-state index in [4.69, 9.17) is 14.9 Å². The van der Waals surface area contributed by atoms with Gasteiger partial charge in [0.25, 0.3) is 6.47 Å². The second-order valence-electron chi connectivity index (χ2n) is 6.70. The number of halogens is 1. The number of carboxylic acid groups (broad SMARTS) is 1. The molecule has 6 nitrogen and oxygen atoms in total. The van der Waals surface area contributed by atoms with E-state index in [9.17, 15) is 0 Å². The fraction of sp³-hybridized carbons (Fsp3) is 0.286. The van der Waals surface area contributed by atoms with Crippen molar-refractivity contribution < 1.29 is 9.90 Å². The number of hydrogen-bond donors (Lipinski definition) is 2. The molecule has 0 unspecified atom stereocenters. The van der Waals surface area contributed by atoms with Crippen LogP contribution in [0.1, 0.15) is 24.0 Å². The number of rotatable bonds is 4. The monoisotopic (exact) mass is 442 g/mol. The van der Waals surface area contributed by atoms with Crippen molar-refractivity contribution in [1.29, 1.82) is 0 Å². The molecule has 0 atom stereocenters. The van der Waals surface area contributed by atoms with Gasteiger partial charge in [-0.1, -0.05) is 22.0 Å². The number of likely N-dealkylation sites (tertiary alicyclic amines) is 1. The molecule has 0 amide bonds. The summed E-state index contributed by atoms with van der Waals surface area (Å²) in [5.74, 6) is 0.798. The Morgan fingerprint density at radius 3 is 2.75 bits per heavy atom. The summed E-state index contributed by atoms with van der Waals surface area (Å²) in [6.45, 7) is 5.21. The molecule has 0 aliphatic carbocycles. The minimum Gasteiger partial charge on any atom is -0.483 e. The van der Waals surface area contributed by atoms with E-state index in [1.165, 1.54) is 31.5 Å². The van der Waals surface area contributed by atoms with Gasteiger partial charge in [-0.15, -0.1) is 0 Å². The van der Waals surface area contributed by atoms with Crippen LogP contribution in [0.15, 0.2) is 47.2 Å². The summed E-state index contributed by atoms with van der Waals surface area (Å²) < 4.78 is 1.08. The Balaban J connectivity index is 0.000000706. The number of nitrogens with one attached hydrogen (secondary N) is 1. The van der Waals surface area contributed by atoms with E-state index in [0.717, 1.165) is 39.0 Å². The highest BCUT2D eigenvalue weighted by atomic mass is 79.9. The molecule has 2 N–H and O–H groups in total. The van der Waals surface area contributed by atoms with Crippen LogP contribution in [0.2, 0.25) is 0 Å². The number of hydrogen-bond acceptors (Lipinski definition) is 5. The average molecular weight is 443 g/mol. The van der Waals surface area contributed by atoms with Gasteiger partial charge in [0.2, 0.25) is 0 Å². The first-order chi connectivity index (χ1) is 13.6. The molecule has 146 valence electrons. The van der Waals surface area contributed by atoms with Gasteiger partial charge >= 0.3 is 0 Å². The third-order valence-electron chi connectivity index (χ3n) is 4.78. The van der Waals surface area contributed by atoms with E-state index in [-0.39, 0.29) is 6.47 Å². The molecule has 3 heterocycles. The van der Waals surface area contributed by atoms with Crippen molar-refractivity contribution >= 4 is 44.8 Å². The third-order valence-corrected chi connectivity index (χ3v) is 5.64. The molecule has 2 aromatic heterocycles. The van der Waals surface area contributed by atoms with Crippen molar-refractivity contribution in [2.24, 2.45) is 0 Å². The van der Waals surface area contributed by atoms with Crippen LogP contribution < -0.4 is 5.32 Å². The SMILES string of the molecule is Cc1c(Br)cccc1Nc1nccc2cc(CN3CCCC3)cnc12.O=CO. The second-order valence-corrected chi connectivity index (χ2v) is 7.56. The molecule has 1 aliphatic rings. The van der Waals surface area contributed by atoms with Crippen molar-refractivity contribution in [3.05, 3.63) is 58.3 Å². The number of aromatic nitrogens is 2. The predicted molar refractivity (Wildman–Crippen MR) is 115 cm³/mol. The van der Waals surface area contributed by atoms with Crippen LogP contribution in [0.3, 0.4) is 0 Å². The Morgan fingerprint density at radius 1 is 1.25 bits per heavy atom. The lowest BCUT2D eigenvalue weighted by Crippen LogP contribution is -2.18. The van der Waals surface area contributed by atoms with Gasteiger partial charge in [0.05, 0.1) is 0 Å². The van der Waals surface area contributed by atoms with Crippen LogP contribution in [0.25, 0.3) is 10.9 Å². The summed E-state index contributed by atoms with van der Waals surface area (Å²) in [4.78, 5) is 20.1. The molecule has 7 heteroatoms. The predicted octanol–water partition coefficient (Wildman–Crippen LogP) is 4.74. The normalized spacial score (nSPS) is 13.8. The fourth-order valence-corrected chi connectivity index (χ4v) is 3.72. The summed E-state index contributed by atoms with van der Waals surface area (Å²) in [6, 6.07) is 10.4. The first kappa shape index (κ1) is 20.2. The Bertz CT molecular complexity index is 958. The summed E-state index contributed by atoms with van der Waals surface area (Å²) in [5.41, 5.74) is 4.38. The number of pyridine rings is 2. The summed E-state index contributed by atoms with van der Waals surface area (Å²) >= 11 is 3.58. The van der Waals surface area contributed by atoms with Crippen LogP contribution >= 0.6 is 15.9 Å². The standard InChI is InChI=1S/C20H21BrN4.CH2O2/c1-14-17(21)5-4-6-18(14)24-20-19-16(7-8-22-20)11-15(12-23-19)13-25-9-2-3-10-25;2-1-3/h4-8,11-12H,2-3,9-10,13H2,1H3,(H,22,24);1H,(H,2,3). The molecule has 0 spiro atoms. The van der Waals surface area contributed by atoms with Gasteiger partial charge in [-0.3, -0.25) is 14.7 Å². The van der Waals surface area contributed by atoms with Crippen LogP contribution in [-0.2, 0) is 11.3 Å². The Kier molecular flexibility index (Phi) is 6.95. The van der Waals surface area contributed by atoms with E-state index in [0.29, 0.717) is 0 Å². The summed E-state index contributed by atoms with van der Waals surface area (Å²) in [5, 5.41) is 11.5. The smallest absolute Gasteiger partial charge is 0.290 e. The molecule has 1 aliphatic heterocycles. The van der Waals surface area contributed by atoms with E-state index in [2.05, 4.69) is 50.2 Å². The highest BCUT2D eigenvalue weighted by molar-refractivity contribution is 9.10. The van der Waals surface area contributed by atoms with Crippen LogP contribution in [0.5, 0.6) is 0 Å². The zero-order chi connectivity index (χ0) is 19.9. The van der Waals surface area contributed by atoms with E-state index in [1.54, 1.807) is 0 Å². The molecule has 0 bridgehead atoms. The lowest BCUT2D eigenvalue weighted by Gasteiger charge is -2.15. The molecule has 4 rings (SSSR count). The van der Waals surface area contributed by atoms with Gasteiger partial charge in [-0.25, -0.2) is 4.98 Å². The van der Waals surface area contributed by atoms with Gasteiger partial charge in [-0.2, -0.15) is 0 Å². The first-order valence-corrected chi connectivity index (χ1v) is 9.97. The van der Waals surface area contributed by atoms with E-state index >= 15 is 0 Å². The lowest BCUT2D eigenvalue weighted by molar-refractivity contribution is -0.122. The Morgan fingerprint density at radius 2 is 2.00 bits per heavy atom. The van der Waals surface area contributed by atoms with Crippen molar-refractivity contribution in [3.63, 3.8) is 0 Å². The van der Waals surface area contributed by atoms with Crippen molar-refractivity contribution in [2.75, 3.05) is 18.4 Å². The molecule has 1 saturated heterocycles. The first-order valence-electron chi connectivity index (χ1n) is 9.18.